The van der Waals surface area contributed by atoms with Gasteiger partial charge in [-0.15, -0.1) is 17.9 Å². The topological polar surface area (TPSA) is 53.5 Å². The molecule has 19 heavy (non-hydrogen) atoms. The summed E-state index contributed by atoms with van der Waals surface area (Å²) in [5, 5.41) is 1.76. The van der Waals surface area contributed by atoms with Crippen molar-refractivity contribution in [2.75, 3.05) is 13.1 Å². The van der Waals surface area contributed by atoms with E-state index < -0.39 is 0 Å². The maximum Gasteiger partial charge on any atom is 0.273 e. The summed E-state index contributed by atoms with van der Waals surface area (Å²) in [4.78, 5) is 32.0. The van der Waals surface area contributed by atoms with E-state index in [1.165, 1.54) is 11.3 Å². The molecule has 2 amide bonds. The highest BCUT2D eigenvalue weighted by atomic mass is 32.1. The monoisotopic (exact) mass is 277 g/mol. The molecule has 6 heteroatoms. The van der Waals surface area contributed by atoms with E-state index in [0.717, 1.165) is 6.42 Å². The first-order valence-corrected chi connectivity index (χ1v) is 7.26. The zero-order valence-electron chi connectivity index (χ0n) is 10.5. The molecule has 2 unspecified atom stereocenters. The molecule has 0 radical (unpaired) electrons. The third-order valence-corrected chi connectivity index (χ3v) is 4.44. The van der Waals surface area contributed by atoms with Crippen LogP contribution >= 0.6 is 11.3 Å². The Bertz CT molecular complexity index is 514. The fourth-order valence-electron chi connectivity index (χ4n) is 3.02. The van der Waals surface area contributed by atoms with E-state index in [1.54, 1.807) is 21.9 Å². The van der Waals surface area contributed by atoms with Gasteiger partial charge >= 0.3 is 0 Å². The van der Waals surface area contributed by atoms with E-state index in [1.807, 2.05) is 4.90 Å². The van der Waals surface area contributed by atoms with Crippen molar-refractivity contribution in [1.82, 2.24) is 14.8 Å². The third kappa shape index (κ3) is 1.96. The minimum atomic E-state index is -0.0537. The molecule has 0 aromatic carbocycles. The lowest BCUT2D eigenvalue weighted by Crippen LogP contribution is -2.40. The second-order valence-electron chi connectivity index (χ2n) is 4.83. The van der Waals surface area contributed by atoms with Crippen LogP contribution in [0.1, 0.15) is 23.3 Å². The molecule has 0 saturated carbocycles. The number of hydrogen-bond donors (Lipinski definition) is 0. The predicted octanol–water partition coefficient (Wildman–Crippen LogP) is 1.14. The smallest absolute Gasteiger partial charge is 0.273 e. The van der Waals surface area contributed by atoms with Crippen LogP contribution < -0.4 is 0 Å². The number of rotatable bonds is 3. The highest BCUT2D eigenvalue weighted by Gasteiger charge is 2.48. The lowest BCUT2D eigenvalue weighted by Gasteiger charge is -2.24. The first kappa shape index (κ1) is 12.3. The average Bonchev–Trinajstić information content (AvgIpc) is 3.08. The summed E-state index contributed by atoms with van der Waals surface area (Å²) in [7, 11) is 0. The van der Waals surface area contributed by atoms with Gasteiger partial charge in [0.1, 0.15) is 5.69 Å². The van der Waals surface area contributed by atoms with Crippen LogP contribution in [0.3, 0.4) is 0 Å². The van der Waals surface area contributed by atoms with Gasteiger partial charge in [0.25, 0.3) is 5.91 Å². The number of likely N-dealkylation sites (tertiary alicyclic amines) is 2. The van der Waals surface area contributed by atoms with Crippen LogP contribution in [-0.2, 0) is 4.79 Å². The largest absolute Gasteiger partial charge is 0.334 e. The highest BCUT2D eigenvalue weighted by Crippen LogP contribution is 2.33. The SMILES string of the molecule is C=CCN1C(=O)CC2C1CCN2C(=O)c1cscn1. The van der Waals surface area contributed by atoms with Gasteiger partial charge in [-0.1, -0.05) is 6.08 Å². The number of carbonyl (C=O) groups is 2. The predicted molar refractivity (Wildman–Crippen MR) is 71.9 cm³/mol. The van der Waals surface area contributed by atoms with Crippen molar-refractivity contribution < 1.29 is 9.59 Å². The molecule has 3 heterocycles. The van der Waals surface area contributed by atoms with Gasteiger partial charge in [0, 0.05) is 24.9 Å². The Labute approximate surface area is 115 Å². The Morgan fingerprint density at radius 1 is 1.58 bits per heavy atom. The maximum absolute atomic E-state index is 12.3. The quantitative estimate of drug-likeness (QED) is 0.779. The fraction of sp³-hybridized carbons (Fsp3) is 0.462. The fourth-order valence-corrected chi connectivity index (χ4v) is 3.55. The molecule has 2 atom stereocenters. The molecule has 2 fully saturated rings. The summed E-state index contributed by atoms with van der Waals surface area (Å²) in [5.41, 5.74) is 2.14. The Kier molecular flexibility index (Phi) is 3.10. The summed E-state index contributed by atoms with van der Waals surface area (Å²) in [6.07, 6.45) is 3.01. The van der Waals surface area contributed by atoms with Crippen LogP contribution in [0.5, 0.6) is 0 Å². The highest BCUT2D eigenvalue weighted by molar-refractivity contribution is 7.07. The first-order valence-electron chi connectivity index (χ1n) is 6.32. The van der Waals surface area contributed by atoms with Crippen LogP contribution in [0.4, 0.5) is 0 Å². The van der Waals surface area contributed by atoms with Gasteiger partial charge < -0.3 is 9.80 Å². The molecule has 0 spiro atoms. The number of aromatic nitrogens is 1. The van der Waals surface area contributed by atoms with Gasteiger partial charge in [-0.3, -0.25) is 9.59 Å². The molecule has 2 aliphatic rings. The Hall–Kier alpha value is -1.69. The van der Waals surface area contributed by atoms with E-state index in [9.17, 15) is 9.59 Å². The van der Waals surface area contributed by atoms with E-state index >= 15 is 0 Å². The van der Waals surface area contributed by atoms with E-state index in [0.29, 0.717) is 25.2 Å². The van der Waals surface area contributed by atoms with Gasteiger partial charge in [-0.2, -0.15) is 0 Å². The van der Waals surface area contributed by atoms with Gasteiger partial charge in [-0.25, -0.2) is 4.98 Å². The van der Waals surface area contributed by atoms with Crippen molar-refractivity contribution in [3.8, 4) is 0 Å². The molecule has 2 aliphatic heterocycles. The van der Waals surface area contributed by atoms with Crippen molar-refractivity contribution >= 4 is 23.2 Å². The summed E-state index contributed by atoms with van der Waals surface area (Å²) < 4.78 is 0. The van der Waals surface area contributed by atoms with Gasteiger partial charge in [0.15, 0.2) is 0 Å². The molecule has 2 saturated heterocycles. The van der Waals surface area contributed by atoms with Crippen LogP contribution in [-0.4, -0.2) is 51.8 Å². The summed E-state index contributed by atoms with van der Waals surface area (Å²) >= 11 is 1.41. The molecule has 1 aromatic rings. The van der Waals surface area contributed by atoms with E-state index in [2.05, 4.69) is 11.6 Å². The molecular formula is C13H15N3O2S. The molecule has 5 nitrogen and oxygen atoms in total. The third-order valence-electron chi connectivity index (χ3n) is 3.85. The minimum absolute atomic E-state index is 0.00153. The van der Waals surface area contributed by atoms with Gasteiger partial charge in [-0.05, 0) is 6.42 Å². The standard InChI is InChI=1S/C13H15N3O2S/c1-2-4-15-10-3-5-16(11(10)6-12(15)17)13(18)9-7-19-8-14-9/h2,7-8,10-11H,1,3-6H2. The van der Waals surface area contributed by atoms with Gasteiger partial charge in [0.2, 0.25) is 5.91 Å². The van der Waals surface area contributed by atoms with Gasteiger partial charge in [0.05, 0.1) is 17.6 Å². The van der Waals surface area contributed by atoms with Crippen molar-refractivity contribution in [1.29, 1.82) is 0 Å². The first-order chi connectivity index (χ1) is 9.22. The lowest BCUT2D eigenvalue weighted by atomic mass is 10.1. The number of nitrogens with zero attached hydrogens (tertiary/aromatic N) is 3. The van der Waals surface area contributed by atoms with Crippen molar-refractivity contribution in [2.45, 2.75) is 24.9 Å². The Balaban J connectivity index is 1.79. The number of amides is 2. The zero-order chi connectivity index (χ0) is 13.4. The summed E-state index contributed by atoms with van der Waals surface area (Å²) in [6.45, 7) is 4.95. The zero-order valence-corrected chi connectivity index (χ0v) is 11.3. The van der Waals surface area contributed by atoms with Crippen LogP contribution in [0.15, 0.2) is 23.5 Å². The number of hydrogen-bond acceptors (Lipinski definition) is 4. The molecule has 0 N–H and O–H groups in total. The summed E-state index contributed by atoms with van der Waals surface area (Å²) in [5.74, 6) is 0.0627. The van der Waals surface area contributed by atoms with Crippen molar-refractivity contribution in [3.63, 3.8) is 0 Å². The molecule has 0 aliphatic carbocycles. The second-order valence-corrected chi connectivity index (χ2v) is 5.55. The Morgan fingerprint density at radius 2 is 2.42 bits per heavy atom. The van der Waals surface area contributed by atoms with Crippen molar-refractivity contribution in [2.24, 2.45) is 0 Å². The van der Waals surface area contributed by atoms with Crippen LogP contribution in [0.25, 0.3) is 0 Å². The number of thiazole rings is 1. The van der Waals surface area contributed by atoms with Crippen molar-refractivity contribution in [3.05, 3.63) is 29.2 Å². The van der Waals surface area contributed by atoms with Crippen LogP contribution in [0, 0.1) is 0 Å². The molecule has 0 bridgehead atoms. The number of carbonyl (C=O) groups excluding carboxylic acids is 2. The van der Waals surface area contributed by atoms with E-state index in [-0.39, 0.29) is 23.9 Å². The summed E-state index contributed by atoms with van der Waals surface area (Å²) in [6, 6.07) is 0.148. The minimum Gasteiger partial charge on any atom is -0.334 e. The van der Waals surface area contributed by atoms with E-state index in [4.69, 9.17) is 0 Å². The second kappa shape index (κ2) is 4.77. The maximum atomic E-state index is 12.3. The molecular weight excluding hydrogens is 262 g/mol. The normalized spacial score (nSPS) is 25.8. The number of fused-ring (bicyclic) bond motifs is 1. The van der Waals surface area contributed by atoms with Crippen LogP contribution in [0.2, 0.25) is 0 Å². The Morgan fingerprint density at radius 3 is 3.11 bits per heavy atom. The molecule has 1 aromatic heterocycles. The lowest BCUT2D eigenvalue weighted by molar-refractivity contribution is -0.128. The average molecular weight is 277 g/mol. The molecule has 100 valence electrons. The molecule has 3 rings (SSSR count).